The Bertz CT molecular complexity index is 150. The first-order valence-corrected chi connectivity index (χ1v) is 4.51. The predicted molar refractivity (Wildman–Crippen MR) is 47.1 cm³/mol. The van der Waals surface area contributed by atoms with Crippen molar-refractivity contribution in [1.82, 2.24) is 0 Å². The van der Waals surface area contributed by atoms with Crippen molar-refractivity contribution in [3.8, 4) is 0 Å². The van der Waals surface area contributed by atoms with Crippen LogP contribution in [-0.2, 0) is 4.79 Å². The van der Waals surface area contributed by atoms with E-state index in [9.17, 15) is 4.79 Å². The van der Waals surface area contributed by atoms with Crippen molar-refractivity contribution < 1.29 is 9.90 Å². The van der Waals surface area contributed by atoms with Crippen LogP contribution in [0.1, 0.15) is 38.5 Å². The Hall–Kier alpha value is -0.180. The Morgan fingerprint density at radius 3 is 2.36 bits per heavy atom. The zero-order chi connectivity index (χ0) is 8.32. The van der Waals surface area contributed by atoms with E-state index < -0.39 is 5.97 Å². The molecule has 11 heavy (non-hydrogen) atoms. The molecule has 0 spiro atoms. The first-order chi connectivity index (χ1) is 5.12. The lowest BCUT2D eigenvalue weighted by Crippen LogP contribution is -2.28. The summed E-state index contributed by atoms with van der Waals surface area (Å²) in [6.45, 7) is 0. The van der Waals surface area contributed by atoms with Crippen LogP contribution < -0.4 is 0 Å². The highest BCUT2D eigenvalue weighted by Gasteiger charge is 2.30. The summed E-state index contributed by atoms with van der Waals surface area (Å²) in [4.78, 5) is 10.4. The van der Waals surface area contributed by atoms with E-state index >= 15 is 0 Å². The lowest BCUT2D eigenvalue weighted by atomic mass is 9.86. The largest absolute Gasteiger partial charge is 0.481 e. The van der Waals surface area contributed by atoms with Crippen molar-refractivity contribution in [2.75, 3.05) is 0 Å². The Labute approximate surface area is 72.4 Å². The standard InChI is InChI=1S/C8H14O2S/c9-7(10)6-8(11)4-2-1-3-5-8/h11H,1-6H2,(H,9,10). The fourth-order valence-electron chi connectivity index (χ4n) is 1.67. The quantitative estimate of drug-likeness (QED) is 0.629. The fraction of sp³-hybridized carbons (Fsp3) is 0.875. The molecular formula is C8H14O2S. The third-order valence-electron chi connectivity index (χ3n) is 2.26. The van der Waals surface area contributed by atoms with Gasteiger partial charge in [0, 0.05) is 4.75 Å². The number of carboxylic acids is 1. The van der Waals surface area contributed by atoms with Crippen LogP contribution >= 0.6 is 12.6 Å². The lowest BCUT2D eigenvalue weighted by Gasteiger charge is -2.30. The van der Waals surface area contributed by atoms with E-state index in [4.69, 9.17) is 5.11 Å². The molecule has 0 aromatic carbocycles. The van der Waals surface area contributed by atoms with E-state index in [1.807, 2.05) is 0 Å². The number of carbonyl (C=O) groups is 1. The Morgan fingerprint density at radius 1 is 1.36 bits per heavy atom. The smallest absolute Gasteiger partial charge is 0.304 e. The molecule has 1 aliphatic rings. The average Bonchev–Trinajstić information content (AvgIpc) is 1.85. The van der Waals surface area contributed by atoms with Crippen LogP contribution in [0.2, 0.25) is 0 Å². The van der Waals surface area contributed by atoms with Crippen LogP contribution in [0.25, 0.3) is 0 Å². The van der Waals surface area contributed by atoms with Crippen molar-refractivity contribution in [3.05, 3.63) is 0 Å². The summed E-state index contributed by atoms with van der Waals surface area (Å²) in [6, 6.07) is 0. The van der Waals surface area contributed by atoms with Gasteiger partial charge in [-0.15, -0.1) is 0 Å². The van der Waals surface area contributed by atoms with Crippen LogP contribution in [0.4, 0.5) is 0 Å². The Balaban J connectivity index is 2.43. The maximum Gasteiger partial charge on any atom is 0.304 e. The number of rotatable bonds is 2. The van der Waals surface area contributed by atoms with E-state index in [1.54, 1.807) is 0 Å². The second-order valence-corrected chi connectivity index (χ2v) is 4.30. The molecule has 2 nitrogen and oxygen atoms in total. The van der Waals surface area contributed by atoms with Crippen LogP contribution in [0, 0.1) is 0 Å². The highest BCUT2D eigenvalue weighted by atomic mass is 32.1. The third kappa shape index (κ3) is 2.73. The maximum atomic E-state index is 10.4. The molecule has 1 rings (SSSR count). The van der Waals surface area contributed by atoms with Gasteiger partial charge in [0.25, 0.3) is 0 Å². The van der Waals surface area contributed by atoms with E-state index in [2.05, 4.69) is 12.6 Å². The number of aliphatic carboxylic acids is 1. The molecule has 0 amide bonds. The van der Waals surface area contributed by atoms with Crippen molar-refractivity contribution in [1.29, 1.82) is 0 Å². The lowest BCUT2D eigenvalue weighted by molar-refractivity contribution is -0.137. The van der Waals surface area contributed by atoms with Crippen LogP contribution in [0.5, 0.6) is 0 Å². The topological polar surface area (TPSA) is 37.3 Å². The molecular weight excluding hydrogens is 160 g/mol. The Morgan fingerprint density at radius 2 is 1.91 bits per heavy atom. The molecule has 64 valence electrons. The van der Waals surface area contributed by atoms with Gasteiger partial charge in [-0.2, -0.15) is 12.6 Å². The van der Waals surface area contributed by atoms with E-state index in [0.717, 1.165) is 25.7 Å². The Kier molecular flexibility index (Phi) is 2.82. The molecule has 0 radical (unpaired) electrons. The minimum Gasteiger partial charge on any atom is -0.481 e. The highest BCUT2D eigenvalue weighted by molar-refractivity contribution is 7.81. The second-order valence-electron chi connectivity index (χ2n) is 3.36. The minimum atomic E-state index is -0.720. The van der Waals surface area contributed by atoms with E-state index in [1.165, 1.54) is 6.42 Å². The maximum absolute atomic E-state index is 10.4. The van der Waals surface area contributed by atoms with Gasteiger partial charge in [-0.3, -0.25) is 4.79 Å². The molecule has 0 aromatic heterocycles. The zero-order valence-electron chi connectivity index (χ0n) is 6.55. The van der Waals surface area contributed by atoms with Gasteiger partial charge in [0.1, 0.15) is 0 Å². The average molecular weight is 174 g/mol. The second kappa shape index (κ2) is 3.48. The van der Waals surface area contributed by atoms with Gasteiger partial charge in [-0.1, -0.05) is 19.3 Å². The van der Waals surface area contributed by atoms with Gasteiger partial charge in [-0.25, -0.2) is 0 Å². The molecule has 0 heterocycles. The molecule has 1 fully saturated rings. The number of hydrogen-bond donors (Lipinski definition) is 2. The van der Waals surface area contributed by atoms with Gasteiger partial charge >= 0.3 is 5.97 Å². The normalized spacial score (nSPS) is 23.0. The summed E-state index contributed by atoms with van der Waals surface area (Å²) in [5.74, 6) is -0.720. The van der Waals surface area contributed by atoms with Gasteiger partial charge in [0.2, 0.25) is 0 Å². The molecule has 1 N–H and O–H groups in total. The molecule has 0 saturated heterocycles. The van der Waals surface area contributed by atoms with Crippen molar-refractivity contribution in [3.63, 3.8) is 0 Å². The summed E-state index contributed by atoms with van der Waals surface area (Å²) in [5, 5.41) is 8.58. The first-order valence-electron chi connectivity index (χ1n) is 4.07. The summed E-state index contributed by atoms with van der Waals surface area (Å²) in [5.41, 5.74) is 0. The predicted octanol–water partition coefficient (Wildman–Crippen LogP) is 2.09. The van der Waals surface area contributed by atoms with Crippen molar-refractivity contribution in [2.24, 2.45) is 0 Å². The summed E-state index contributed by atoms with van der Waals surface area (Å²) < 4.78 is -0.204. The number of thiol groups is 1. The number of carboxylic acid groups (broad SMARTS) is 1. The summed E-state index contributed by atoms with van der Waals surface area (Å²) in [6.07, 6.45) is 5.65. The molecule has 0 aliphatic heterocycles. The monoisotopic (exact) mass is 174 g/mol. The molecule has 0 atom stereocenters. The summed E-state index contributed by atoms with van der Waals surface area (Å²) >= 11 is 4.41. The van der Waals surface area contributed by atoms with Crippen LogP contribution in [0.3, 0.4) is 0 Å². The van der Waals surface area contributed by atoms with Gasteiger partial charge in [0.15, 0.2) is 0 Å². The third-order valence-corrected chi connectivity index (χ3v) is 2.87. The van der Waals surface area contributed by atoms with Crippen molar-refractivity contribution >= 4 is 18.6 Å². The van der Waals surface area contributed by atoms with Crippen LogP contribution in [0.15, 0.2) is 0 Å². The van der Waals surface area contributed by atoms with Gasteiger partial charge in [-0.05, 0) is 12.8 Å². The molecule has 1 saturated carbocycles. The SMILES string of the molecule is O=C(O)CC1(S)CCCCC1. The summed E-state index contributed by atoms with van der Waals surface area (Å²) in [7, 11) is 0. The highest BCUT2D eigenvalue weighted by Crippen LogP contribution is 2.36. The van der Waals surface area contributed by atoms with E-state index in [0.29, 0.717) is 0 Å². The molecule has 1 aliphatic carbocycles. The fourth-order valence-corrected chi connectivity index (χ4v) is 2.12. The number of hydrogen-bond acceptors (Lipinski definition) is 2. The van der Waals surface area contributed by atoms with Gasteiger partial charge in [0.05, 0.1) is 6.42 Å². The van der Waals surface area contributed by atoms with Crippen molar-refractivity contribution in [2.45, 2.75) is 43.3 Å². The van der Waals surface area contributed by atoms with Gasteiger partial charge < -0.3 is 5.11 Å². The zero-order valence-corrected chi connectivity index (χ0v) is 7.44. The molecule has 0 bridgehead atoms. The van der Waals surface area contributed by atoms with Crippen LogP contribution in [-0.4, -0.2) is 15.8 Å². The molecule has 3 heteroatoms. The minimum absolute atomic E-state index is 0.204. The first kappa shape index (κ1) is 8.91. The van der Waals surface area contributed by atoms with E-state index in [-0.39, 0.29) is 11.2 Å². The molecule has 0 aromatic rings. The molecule has 0 unspecified atom stereocenters.